The Labute approximate surface area is 134 Å². The molecule has 1 N–H and O–H groups in total. The fraction of sp³-hybridized carbons (Fsp3) is 0.294. The highest BCUT2D eigenvalue weighted by molar-refractivity contribution is 7.99. The smallest absolute Gasteiger partial charge is 0.128 e. The molecule has 0 amide bonds. The topological polar surface area (TPSA) is 12.0 Å². The first kappa shape index (κ1) is 16.3. The quantitative estimate of drug-likeness (QED) is 0.795. The third kappa shape index (κ3) is 5.03. The van der Waals surface area contributed by atoms with Crippen molar-refractivity contribution in [1.82, 2.24) is 5.32 Å². The summed E-state index contributed by atoms with van der Waals surface area (Å²) in [7, 11) is 0. The average molecular weight is 324 g/mol. The lowest BCUT2D eigenvalue weighted by atomic mass is 10.1. The van der Waals surface area contributed by atoms with Crippen LogP contribution in [0.1, 0.15) is 26.3 Å². The summed E-state index contributed by atoms with van der Waals surface area (Å²) >= 11 is 7.53. The second kappa shape index (κ2) is 6.82. The summed E-state index contributed by atoms with van der Waals surface area (Å²) in [6.45, 7) is 6.70. The van der Waals surface area contributed by atoms with Crippen LogP contribution in [0.3, 0.4) is 0 Å². The minimum atomic E-state index is -0.182. The molecule has 0 bridgehead atoms. The Morgan fingerprint density at radius 1 is 1.14 bits per heavy atom. The zero-order valence-corrected chi connectivity index (χ0v) is 14.0. The number of halogens is 2. The van der Waals surface area contributed by atoms with Gasteiger partial charge >= 0.3 is 0 Å². The van der Waals surface area contributed by atoms with Gasteiger partial charge in [-0.05, 0) is 51.1 Å². The summed E-state index contributed by atoms with van der Waals surface area (Å²) in [6, 6.07) is 12.8. The van der Waals surface area contributed by atoms with Gasteiger partial charge in [0.15, 0.2) is 0 Å². The van der Waals surface area contributed by atoms with Crippen LogP contribution in [0.4, 0.5) is 4.39 Å². The van der Waals surface area contributed by atoms with Crippen molar-refractivity contribution in [3.8, 4) is 0 Å². The highest BCUT2D eigenvalue weighted by Gasteiger charge is 2.14. The Bertz CT molecular complexity index is 622. The van der Waals surface area contributed by atoms with E-state index in [2.05, 4.69) is 26.1 Å². The lowest BCUT2D eigenvalue weighted by Gasteiger charge is -2.22. The molecule has 0 aromatic heterocycles. The Morgan fingerprint density at radius 2 is 1.86 bits per heavy atom. The normalized spacial score (nSPS) is 11.7. The molecule has 0 aliphatic carbocycles. The van der Waals surface area contributed by atoms with E-state index in [0.717, 1.165) is 9.79 Å². The molecule has 0 unspecified atom stereocenters. The monoisotopic (exact) mass is 323 g/mol. The summed E-state index contributed by atoms with van der Waals surface area (Å²) in [5.74, 6) is -0.182. The van der Waals surface area contributed by atoms with Crippen molar-refractivity contribution in [2.45, 2.75) is 42.6 Å². The molecular weight excluding hydrogens is 305 g/mol. The first-order valence-corrected chi connectivity index (χ1v) is 8.00. The molecule has 2 aromatic carbocycles. The molecule has 0 heterocycles. The average Bonchev–Trinajstić information content (AvgIpc) is 2.37. The van der Waals surface area contributed by atoms with E-state index in [-0.39, 0.29) is 11.4 Å². The Morgan fingerprint density at radius 3 is 2.52 bits per heavy atom. The van der Waals surface area contributed by atoms with Gasteiger partial charge < -0.3 is 5.32 Å². The molecule has 0 aliphatic rings. The van der Waals surface area contributed by atoms with Crippen molar-refractivity contribution in [2.75, 3.05) is 0 Å². The molecule has 0 fully saturated rings. The number of nitrogens with one attached hydrogen (secondary N) is 1. The molecular formula is C17H19ClFNS. The van der Waals surface area contributed by atoms with E-state index in [4.69, 9.17) is 11.6 Å². The van der Waals surface area contributed by atoms with E-state index in [9.17, 15) is 4.39 Å². The molecule has 0 spiro atoms. The summed E-state index contributed by atoms with van der Waals surface area (Å²) < 4.78 is 14.1. The standard InChI is InChI=1S/C17H19ClFNS/c1-17(2,3)20-11-14-15(19)8-5-9-16(14)21-13-7-4-6-12(18)10-13/h4-10,20H,11H2,1-3H3. The maximum absolute atomic E-state index is 14.1. The van der Waals surface area contributed by atoms with Gasteiger partial charge in [0.1, 0.15) is 5.82 Å². The van der Waals surface area contributed by atoms with Crippen molar-refractivity contribution >= 4 is 23.4 Å². The van der Waals surface area contributed by atoms with Crippen LogP contribution in [0, 0.1) is 5.82 Å². The number of hydrogen-bond acceptors (Lipinski definition) is 2. The second-order valence-corrected chi connectivity index (χ2v) is 7.43. The van der Waals surface area contributed by atoms with Crippen LogP contribution in [0.15, 0.2) is 52.3 Å². The van der Waals surface area contributed by atoms with Gasteiger partial charge in [0.25, 0.3) is 0 Å². The zero-order valence-electron chi connectivity index (χ0n) is 12.4. The molecule has 0 saturated carbocycles. The molecule has 2 rings (SSSR count). The zero-order chi connectivity index (χ0) is 15.5. The second-order valence-electron chi connectivity index (χ2n) is 5.88. The lowest BCUT2D eigenvalue weighted by molar-refractivity contribution is 0.416. The van der Waals surface area contributed by atoms with Gasteiger partial charge in [0.2, 0.25) is 0 Å². The van der Waals surface area contributed by atoms with Crippen molar-refractivity contribution in [2.24, 2.45) is 0 Å². The molecule has 112 valence electrons. The van der Waals surface area contributed by atoms with Crippen molar-refractivity contribution in [1.29, 1.82) is 0 Å². The maximum atomic E-state index is 14.1. The molecule has 4 heteroatoms. The SMILES string of the molecule is CC(C)(C)NCc1c(F)cccc1Sc1cccc(Cl)c1. The van der Waals surface area contributed by atoms with Crippen molar-refractivity contribution < 1.29 is 4.39 Å². The number of hydrogen-bond donors (Lipinski definition) is 1. The third-order valence-corrected chi connectivity index (χ3v) is 4.22. The van der Waals surface area contributed by atoms with E-state index in [1.165, 1.54) is 17.8 Å². The van der Waals surface area contributed by atoms with Crippen molar-refractivity contribution in [3.05, 3.63) is 58.9 Å². The first-order valence-electron chi connectivity index (χ1n) is 6.81. The fourth-order valence-electron chi connectivity index (χ4n) is 1.82. The van der Waals surface area contributed by atoms with Gasteiger partial charge in [-0.15, -0.1) is 0 Å². The van der Waals surface area contributed by atoms with Gasteiger partial charge in [-0.1, -0.05) is 35.5 Å². The van der Waals surface area contributed by atoms with E-state index >= 15 is 0 Å². The van der Waals surface area contributed by atoms with Crippen LogP contribution in [0.5, 0.6) is 0 Å². The predicted octanol–water partition coefficient (Wildman–Crippen LogP) is 5.52. The molecule has 0 radical (unpaired) electrons. The van der Waals surface area contributed by atoms with Crippen LogP contribution in [-0.2, 0) is 6.54 Å². The fourth-order valence-corrected chi connectivity index (χ4v) is 3.10. The molecule has 0 aliphatic heterocycles. The molecule has 0 atom stereocenters. The maximum Gasteiger partial charge on any atom is 0.128 e. The lowest BCUT2D eigenvalue weighted by Crippen LogP contribution is -2.35. The van der Waals surface area contributed by atoms with Gasteiger partial charge in [0.05, 0.1) is 0 Å². The largest absolute Gasteiger partial charge is 0.308 e. The van der Waals surface area contributed by atoms with Crippen LogP contribution in [0.25, 0.3) is 0 Å². The van der Waals surface area contributed by atoms with Gasteiger partial charge in [-0.25, -0.2) is 4.39 Å². The number of benzene rings is 2. The minimum absolute atomic E-state index is 0.0553. The summed E-state index contributed by atoms with van der Waals surface area (Å²) in [5.41, 5.74) is 0.637. The summed E-state index contributed by atoms with van der Waals surface area (Å²) in [4.78, 5) is 1.92. The number of rotatable bonds is 4. The van der Waals surface area contributed by atoms with Crippen LogP contribution >= 0.6 is 23.4 Å². The van der Waals surface area contributed by atoms with Crippen LogP contribution < -0.4 is 5.32 Å². The third-order valence-electron chi connectivity index (χ3n) is 2.90. The Balaban J connectivity index is 2.25. The highest BCUT2D eigenvalue weighted by atomic mass is 35.5. The van der Waals surface area contributed by atoms with E-state index in [1.54, 1.807) is 6.07 Å². The van der Waals surface area contributed by atoms with E-state index in [0.29, 0.717) is 17.1 Å². The Kier molecular flexibility index (Phi) is 5.31. The predicted molar refractivity (Wildman–Crippen MR) is 88.6 cm³/mol. The van der Waals surface area contributed by atoms with E-state index < -0.39 is 0 Å². The van der Waals surface area contributed by atoms with Gasteiger partial charge in [-0.2, -0.15) is 0 Å². The highest BCUT2D eigenvalue weighted by Crippen LogP contribution is 2.33. The summed E-state index contributed by atoms with van der Waals surface area (Å²) in [6.07, 6.45) is 0. The molecule has 2 aromatic rings. The van der Waals surface area contributed by atoms with Gasteiger partial charge in [-0.3, -0.25) is 0 Å². The Hall–Kier alpha value is -1.03. The molecule has 0 saturated heterocycles. The van der Waals surface area contributed by atoms with E-state index in [1.807, 2.05) is 30.3 Å². The van der Waals surface area contributed by atoms with Crippen LogP contribution in [-0.4, -0.2) is 5.54 Å². The molecule has 21 heavy (non-hydrogen) atoms. The van der Waals surface area contributed by atoms with Crippen LogP contribution in [0.2, 0.25) is 5.02 Å². The van der Waals surface area contributed by atoms with Gasteiger partial charge in [0, 0.05) is 32.5 Å². The summed E-state index contributed by atoms with van der Waals surface area (Å²) in [5, 5.41) is 4.02. The molecule has 1 nitrogen and oxygen atoms in total. The minimum Gasteiger partial charge on any atom is -0.308 e. The first-order chi connectivity index (χ1) is 9.85. The van der Waals surface area contributed by atoms with Crippen molar-refractivity contribution in [3.63, 3.8) is 0 Å².